The number of rotatable bonds is 0. The van der Waals surface area contributed by atoms with Gasteiger partial charge in [0.2, 0.25) is 0 Å². The fourth-order valence-corrected chi connectivity index (χ4v) is 3.81. The second kappa shape index (κ2) is 3.32. The molecule has 14 heavy (non-hydrogen) atoms. The predicted octanol–water partition coefficient (Wildman–Crippen LogP) is 1.63. The van der Waals surface area contributed by atoms with E-state index in [0.29, 0.717) is 11.3 Å². The van der Waals surface area contributed by atoms with Crippen LogP contribution in [0.15, 0.2) is 27.6 Å². The van der Waals surface area contributed by atoms with Gasteiger partial charge in [-0.2, -0.15) is 0 Å². The first-order chi connectivity index (χ1) is 6.50. The highest BCUT2D eigenvalue weighted by Crippen LogP contribution is 2.32. The molecule has 2 N–H and O–H groups in total. The van der Waals surface area contributed by atoms with E-state index in [4.69, 9.17) is 5.73 Å². The van der Waals surface area contributed by atoms with Crippen molar-refractivity contribution in [2.45, 2.75) is 17.4 Å². The molecule has 1 unspecified atom stereocenters. The van der Waals surface area contributed by atoms with E-state index in [2.05, 4.69) is 15.9 Å². The molecule has 0 bridgehead atoms. The summed E-state index contributed by atoms with van der Waals surface area (Å²) in [7, 11) is -3.11. The third-order valence-electron chi connectivity index (χ3n) is 2.41. The maximum absolute atomic E-state index is 11.7. The molecule has 0 aliphatic carbocycles. The van der Waals surface area contributed by atoms with Crippen molar-refractivity contribution in [3.05, 3.63) is 28.2 Å². The molecule has 0 radical (unpaired) electrons. The average molecular weight is 276 g/mol. The van der Waals surface area contributed by atoms with Crippen molar-refractivity contribution in [1.82, 2.24) is 0 Å². The zero-order valence-electron chi connectivity index (χ0n) is 7.40. The summed E-state index contributed by atoms with van der Waals surface area (Å²) < 4.78 is 24.2. The van der Waals surface area contributed by atoms with Gasteiger partial charge in [0.25, 0.3) is 0 Å². The molecule has 0 aromatic heterocycles. The van der Waals surface area contributed by atoms with Crippen molar-refractivity contribution in [1.29, 1.82) is 0 Å². The van der Waals surface area contributed by atoms with Crippen molar-refractivity contribution in [3.8, 4) is 0 Å². The molecule has 2 rings (SSSR count). The first-order valence-corrected chi connectivity index (χ1v) is 6.73. The molecule has 0 fully saturated rings. The van der Waals surface area contributed by atoms with Crippen LogP contribution >= 0.6 is 15.9 Å². The zero-order valence-corrected chi connectivity index (χ0v) is 9.81. The molecular formula is C9H10BrNO2S. The van der Waals surface area contributed by atoms with Gasteiger partial charge < -0.3 is 5.73 Å². The van der Waals surface area contributed by atoms with Gasteiger partial charge in [-0.15, -0.1) is 0 Å². The Balaban J connectivity index is 2.70. The fraction of sp³-hybridized carbons (Fsp3) is 0.333. The number of halogens is 1. The summed E-state index contributed by atoms with van der Waals surface area (Å²) in [5.74, 6) is 0.150. The highest BCUT2D eigenvalue weighted by molar-refractivity contribution is 9.10. The van der Waals surface area contributed by atoms with E-state index in [-0.39, 0.29) is 11.8 Å². The Labute approximate surface area is 91.4 Å². The van der Waals surface area contributed by atoms with E-state index in [1.807, 2.05) is 6.07 Å². The summed E-state index contributed by atoms with van der Waals surface area (Å²) in [6.45, 7) is 0. The molecule has 0 saturated heterocycles. The molecule has 1 heterocycles. The summed E-state index contributed by atoms with van der Waals surface area (Å²) in [4.78, 5) is 0.380. The Morgan fingerprint density at radius 1 is 1.43 bits per heavy atom. The lowest BCUT2D eigenvalue weighted by Crippen LogP contribution is -2.24. The summed E-state index contributed by atoms with van der Waals surface area (Å²) in [6, 6.07) is 5.07. The zero-order chi connectivity index (χ0) is 10.3. The Morgan fingerprint density at radius 3 is 2.86 bits per heavy atom. The third-order valence-corrected chi connectivity index (χ3v) is 4.70. The Hall–Kier alpha value is -0.390. The lowest BCUT2D eigenvalue weighted by molar-refractivity contribution is 0.568. The van der Waals surface area contributed by atoms with Gasteiger partial charge in [0.05, 0.1) is 10.6 Å². The second-order valence-electron chi connectivity index (χ2n) is 3.40. The molecule has 1 aliphatic heterocycles. The lowest BCUT2D eigenvalue weighted by atomic mass is 10.1. The minimum atomic E-state index is -3.11. The molecular weight excluding hydrogens is 266 g/mol. The van der Waals surface area contributed by atoms with E-state index >= 15 is 0 Å². The van der Waals surface area contributed by atoms with E-state index < -0.39 is 9.84 Å². The van der Waals surface area contributed by atoms with Crippen LogP contribution in [0.4, 0.5) is 0 Å². The van der Waals surface area contributed by atoms with Crippen LogP contribution in [-0.2, 0) is 9.84 Å². The van der Waals surface area contributed by atoms with Gasteiger partial charge in [0.15, 0.2) is 9.84 Å². The quantitative estimate of drug-likeness (QED) is 0.783. The molecule has 1 aliphatic rings. The van der Waals surface area contributed by atoms with E-state index in [0.717, 1.165) is 10.0 Å². The highest BCUT2D eigenvalue weighted by atomic mass is 79.9. The van der Waals surface area contributed by atoms with Crippen LogP contribution in [0.5, 0.6) is 0 Å². The van der Waals surface area contributed by atoms with Crippen LogP contribution in [0.3, 0.4) is 0 Å². The fourth-order valence-electron chi connectivity index (χ4n) is 1.63. The minimum Gasteiger partial charge on any atom is -0.324 e. The molecule has 5 heteroatoms. The van der Waals surface area contributed by atoms with Crippen LogP contribution in [0.25, 0.3) is 0 Å². The van der Waals surface area contributed by atoms with Crippen molar-refractivity contribution >= 4 is 25.8 Å². The Bertz CT molecular complexity index is 470. The molecule has 3 nitrogen and oxygen atoms in total. The molecule has 0 amide bonds. The van der Waals surface area contributed by atoms with Crippen molar-refractivity contribution in [3.63, 3.8) is 0 Å². The number of benzene rings is 1. The summed E-state index contributed by atoms with van der Waals surface area (Å²) >= 11 is 3.26. The lowest BCUT2D eigenvalue weighted by Gasteiger charge is -2.22. The molecule has 1 atom stereocenters. The predicted molar refractivity (Wildman–Crippen MR) is 57.7 cm³/mol. The van der Waals surface area contributed by atoms with Crippen molar-refractivity contribution < 1.29 is 8.42 Å². The first kappa shape index (κ1) is 10.1. The van der Waals surface area contributed by atoms with Crippen LogP contribution in [-0.4, -0.2) is 14.2 Å². The van der Waals surface area contributed by atoms with Crippen molar-refractivity contribution in [2.24, 2.45) is 5.73 Å². The van der Waals surface area contributed by atoms with Crippen LogP contribution < -0.4 is 5.73 Å². The van der Waals surface area contributed by atoms with Gasteiger partial charge in [-0.05, 0) is 24.1 Å². The van der Waals surface area contributed by atoms with Crippen LogP contribution in [0.1, 0.15) is 18.0 Å². The van der Waals surface area contributed by atoms with Gasteiger partial charge in [-0.1, -0.05) is 22.0 Å². The largest absolute Gasteiger partial charge is 0.324 e. The molecule has 0 spiro atoms. The normalized spacial score (nSPS) is 24.3. The second-order valence-corrected chi connectivity index (χ2v) is 6.39. The Morgan fingerprint density at radius 2 is 2.14 bits per heavy atom. The van der Waals surface area contributed by atoms with Crippen LogP contribution in [0, 0.1) is 0 Å². The molecule has 1 aromatic carbocycles. The van der Waals surface area contributed by atoms with Gasteiger partial charge in [-0.3, -0.25) is 0 Å². The Kier molecular flexibility index (Phi) is 2.41. The topological polar surface area (TPSA) is 60.2 Å². The standard InChI is InChI=1S/C9H10BrNO2S/c10-6-1-2-7-8(11)3-4-14(12,13)9(7)5-6/h1-2,5,8H,3-4,11H2. The SMILES string of the molecule is NC1CCS(=O)(=O)c2cc(Br)ccc21. The van der Waals surface area contributed by atoms with Crippen LogP contribution in [0.2, 0.25) is 0 Å². The van der Waals surface area contributed by atoms with Crippen molar-refractivity contribution in [2.75, 3.05) is 5.75 Å². The number of sulfone groups is 1. The smallest absolute Gasteiger partial charge is 0.178 e. The monoisotopic (exact) mass is 275 g/mol. The maximum atomic E-state index is 11.7. The number of hydrogen-bond donors (Lipinski definition) is 1. The molecule has 1 aromatic rings. The summed E-state index contributed by atoms with van der Waals surface area (Å²) in [6.07, 6.45) is 0.511. The van der Waals surface area contributed by atoms with Gasteiger partial charge in [0.1, 0.15) is 0 Å². The van der Waals surface area contributed by atoms with E-state index in [9.17, 15) is 8.42 Å². The maximum Gasteiger partial charge on any atom is 0.178 e. The van der Waals surface area contributed by atoms with E-state index in [1.54, 1.807) is 12.1 Å². The van der Waals surface area contributed by atoms with Gasteiger partial charge in [-0.25, -0.2) is 8.42 Å². The average Bonchev–Trinajstić information content (AvgIpc) is 2.12. The summed E-state index contributed by atoms with van der Waals surface area (Å²) in [5.41, 5.74) is 6.57. The minimum absolute atomic E-state index is 0.150. The molecule has 76 valence electrons. The number of hydrogen-bond acceptors (Lipinski definition) is 3. The van der Waals surface area contributed by atoms with E-state index in [1.165, 1.54) is 0 Å². The molecule has 0 saturated carbocycles. The van der Waals surface area contributed by atoms with Gasteiger partial charge in [0, 0.05) is 10.5 Å². The number of fused-ring (bicyclic) bond motifs is 1. The number of nitrogens with two attached hydrogens (primary N) is 1. The first-order valence-electron chi connectivity index (χ1n) is 4.28. The van der Waals surface area contributed by atoms with Gasteiger partial charge >= 0.3 is 0 Å². The highest BCUT2D eigenvalue weighted by Gasteiger charge is 2.28. The summed E-state index contributed by atoms with van der Waals surface area (Å²) in [5, 5.41) is 0. The third kappa shape index (κ3) is 1.60.